The standard InChI is InChI=1S/C14H20BrClN2/c15-14-4-3-13(16)8-12(14)10-18-7-1-2-11(9-18)5-6-17/h3-4,8,11H,1-2,5-7,9-10,17H2. The summed E-state index contributed by atoms with van der Waals surface area (Å²) in [5.74, 6) is 0.765. The van der Waals surface area contributed by atoms with Crippen LogP contribution in [0.2, 0.25) is 5.02 Å². The smallest absolute Gasteiger partial charge is 0.0410 e. The fourth-order valence-corrected chi connectivity index (χ4v) is 3.24. The second-order valence-corrected chi connectivity index (χ2v) is 6.35. The zero-order valence-electron chi connectivity index (χ0n) is 10.5. The Morgan fingerprint density at radius 1 is 1.44 bits per heavy atom. The third-order valence-corrected chi connectivity index (χ3v) is 4.59. The molecule has 1 aliphatic heterocycles. The molecule has 1 aliphatic rings. The molecule has 18 heavy (non-hydrogen) atoms. The quantitative estimate of drug-likeness (QED) is 0.912. The van der Waals surface area contributed by atoms with Crippen molar-refractivity contribution in [2.45, 2.75) is 25.8 Å². The van der Waals surface area contributed by atoms with E-state index in [0.717, 1.165) is 41.5 Å². The van der Waals surface area contributed by atoms with Gasteiger partial charge in [-0.25, -0.2) is 0 Å². The van der Waals surface area contributed by atoms with Gasteiger partial charge in [0.15, 0.2) is 0 Å². The first kappa shape index (κ1) is 14.3. The summed E-state index contributed by atoms with van der Waals surface area (Å²) in [5.41, 5.74) is 6.93. The summed E-state index contributed by atoms with van der Waals surface area (Å²) in [5, 5.41) is 0.809. The second-order valence-electron chi connectivity index (χ2n) is 5.06. The molecule has 0 amide bonds. The van der Waals surface area contributed by atoms with Crippen molar-refractivity contribution in [1.29, 1.82) is 0 Å². The Bertz CT molecular complexity index is 395. The summed E-state index contributed by atoms with van der Waals surface area (Å²) in [6, 6.07) is 6.00. The molecule has 0 saturated carbocycles. The van der Waals surface area contributed by atoms with Gasteiger partial charge in [0.25, 0.3) is 0 Å². The molecule has 1 aromatic carbocycles. The van der Waals surface area contributed by atoms with Gasteiger partial charge in [0.2, 0.25) is 0 Å². The molecule has 0 aromatic heterocycles. The van der Waals surface area contributed by atoms with Crippen LogP contribution in [-0.4, -0.2) is 24.5 Å². The molecule has 1 fully saturated rings. The van der Waals surface area contributed by atoms with Crippen LogP contribution < -0.4 is 5.73 Å². The minimum Gasteiger partial charge on any atom is -0.330 e. The summed E-state index contributed by atoms with van der Waals surface area (Å²) >= 11 is 9.65. The van der Waals surface area contributed by atoms with Crippen LogP contribution in [0, 0.1) is 5.92 Å². The van der Waals surface area contributed by atoms with E-state index in [1.54, 1.807) is 0 Å². The Kier molecular flexibility index (Phi) is 5.49. The van der Waals surface area contributed by atoms with Crippen LogP contribution in [0.25, 0.3) is 0 Å². The van der Waals surface area contributed by atoms with Crippen LogP contribution in [-0.2, 0) is 6.54 Å². The maximum Gasteiger partial charge on any atom is 0.0410 e. The number of piperidine rings is 1. The number of benzene rings is 1. The molecule has 1 unspecified atom stereocenters. The van der Waals surface area contributed by atoms with E-state index in [-0.39, 0.29) is 0 Å². The molecule has 2 rings (SSSR count). The molecule has 1 aromatic rings. The number of rotatable bonds is 4. The van der Waals surface area contributed by atoms with E-state index >= 15 is 0 Å². The molecule has 100 valence electrons. The first-order valence-corrected chi connectivity index (χ1v) is 7.72. The first-order valence-electron chi connectivity index (χ1n) is 6.55. The van der Waals surface area contributed by atoms with Gasteiger partial charge < -0.3 is 5.73 Å². The summed E-state index contributed by atoms with van der Waals surface area (Å²) in [6.07, 6.45) is 3.75. The molecule has 0 aliphatic carbocycles. The Hall–Kier alpha value is -0.0900. The zero-order valence-corrected chi connectivity index (χ0v) is 12.9. The molecule has 1 saturated heterocycles. The van der Waals surface area contributed by atoms with E-state index in [0.29, 0.717) is 0 Å². The maximum absolute atomic E-state index is 6.06. The summed E-state index contributed by atoms with van der Waals surface area (Å²) in [7, 11) is 0. The summed E-state index contributed by atoms with van der Waals surface area (Å²) < 4.78 is 1.15. The van der Waals surface area contributed by atoms with E-state index in [9.17, 15) is 0 Å². The van der Waals surface area contributed by atoms with Crippen LogP contribution in [0.3, 0.4) is 0 Å². The van der Waals surface area contributed by atoms with Gasteiger partial charge in [-0.05, 0) is 62.0 Å². The van der Waals surface area contributed by atoms with Crippen molar-refractivity contribution in [3.05, 3.63) is 33.3 Å². The van der Waals surface area contributed by atoms with Crippen molar-refractivity contribution in [3.63, 3.8) is 0 Å². The molecule has 0 spiro atoms. The molecule has 0 radical (unpaired) electrons. The fourth-order valence-electron chi connectivity index (χ4n) is 2.67. The monoisotopic (exact) mass is 330 g/mol. The molecule has 0 bridgehead atoms. The minimum atomic E-state index is 0.765. The topological polar surface area (TPSA) is 29.3 Å². The number of nitrogens with two attached hydrogens (primary N) is 1. The van der Waals surface area contributed by atoms with E-state index in [2.05, 4.69) is 26.9 Å². The van der Waals surface area contributed by atoms with Crippen molar-refractivity contribution >= 4 is 27.5 Å². The van der Waals surface area contributed by atoms with E-state index in [1.165, 1.54) is 24.9 Å². The van der Waals surface area contributed by atoms with Crippen molar-refractivity contribution in [2.24, 2.45) is 11.7 Å². The first-order chi connectivity index (χ1) is 8.69. The van der Waals surface area contributed by atoms with Gasteiger partial charge in [-0.15, -0.1) is 0 Å². The average molecular weight is 332 g/mol. The van der Waals surface area contributed by atoms with Gasteiger partial charge in [0.05, 0.1) is 0 Å². The highest BCUT2D eigenvalue weighted by Gasteiger charge is 2.19. The van der Waals surface area contributed by atoms with Crippen LogP contribution >= 0.6 is 27.5 Å². The van der Waals surface area contributed by atoms with Gasteiger partial charge in [-0.1, -0.05) is 27.5 Å². The zero-order chi connectivity index (χ0) is 13.0. The molecular formula is C14H20BrClN2. The van der Waals surface area contributed by atoms with Crippen molar-refractivity contribution in [2.75, 3.05) is 19.6 Å². The number of hydrogen-bond acceptors (Lipinski definition) is 2. The van der Waals surface area contributed by atoms with Crippen LogP contribution in [0.5, 0.6) is 0 Å². The summed E-state index contributed by atoms with van der Waals surface area (Å²) in [4.78, 5) is 2.51. The highest BCUT2D eigenvalue weighted by molar-refractivity contribution is 9.10. The third kappa shape index (κ3) is 3.95. The Labute approximate surface area is 123 Å². The predicted octanol–water partition coefficient (Wildman–Crippen LogP) is 3.66. The Morgan fingerprint density at radius 3 is 3.06 bits per heavy atom. The Balaban J connectivity index is 1.98. The highest BCUT2D eigenvalue weighted by atomic mass is 79.9. The number of nitrogens with zero attached hydrogens (tertiary/aromatic N) is 1. The van der Waals surface area contributed by atoms with Crippen molar-refractivity contribution in [1.82, 2.24) is 4.90 Å². The molecule has 2 nitrogen and oxygen atoms in total. The van der Waals surface area contributed by atoms with E-state index < -0.39 is 0 Å². The Morgan fingerprint density at radius 2 is 2.28 bits per heavy atom. The van der Waals surface area contributed by atoms with E-state index in [4.69, 9.17) is 17.3 Å². The average Bonchev–Trinajstić information content (AvgIpc) is 2.35. The normalized spacial score (nSPS) is 21.2. The van der Waals surface area contributed by atoms with Gasteiger partial charge in [0.1, 0.15) is 0 Å². The van der Waals surface area contributed by atoms with Crippen LogP contribution in [0.15, 0.2) is 22.7 Å². The lowest BCUT2D eigenvalue weighted by molar-refractivity contribution is 0.163. The van der Waals surface area contributed by atoms with Gasteiger partial charge in [-0.2, -0.15) is 0 Å². The minimum absolute atomic E-state index is 0.765. The van der Waals surface area contributed by atoms with Crippen LogP contribution in [0.1, 0.15) is 24.8 Å². The van der Waals surface area contributed by atoms with Crippen molar-refractivity contribution < 1.29 is 0 Å². The fraction of sp³-hybridized carbons (Fsp3) is 0.571. The van der Waals surface area contributed by atoms with Gasteiger partial charge >= 0.3 is 0 Å². The van der Waals surface area contributed by atoms with Gasteiger partial charge in [-0.3, -0.25) is 4.90 Å². The third-order valence-electron chi connectivity index (χ3n) is 3.58. The predicted molar refractivity (Wildman–Crippen MR) is 80.8 cm³/mol. The van der Waals surface area contributed by atoms with Gasteiger partial charge in [0, 0.05) is 22.6 Å². The SMILES string of the molecule is NCCC1CCCN(Cc2cc(Cl)ccc2Br)C1. The second kappa shape index (κ2) is 6.90. The van der Waals surface area contributed by atoms with Crippen LogP contribution in [0.4, 0.5) is 0 Å². The number of hydrogen-bond donors (Lipinski definition) is 1. The lowest BCUT2D eigenvalue weighted by Crippen LogP contribution is -2.35. The highest BCUT2D eigenvalue weighted by Crippen LogP contribution is 2.25. The molecule has 1 heterocycles. The largest absolute Gasteiger partial charge is 0.330 e. The van der Waals surface area contributed by atoms with Crippen molar-refractivity contribution in [3.8, 4) is 0 Å². The summed E-state index contributed by atoms with van der Waals surface area (Å²) in [6.45, 7) is 4.12. The molecular weight excluding hydrogens is 312 g/mol. The maximum atomic E-state index is 6.06. The van der Waals surface area contributed by atoms with E-state index in [1.807, 2.05) is 12.1 Å². The molecule has 2 N–H and O–H groups in total. The molecule has 4 heteroatoms. The lowest BCUT2D eigenvalue weighted by Gasteiger charge is -2.32. The number of likely N-dealkylation sites (tertiary alicyclic amines) is 1. The molecule has 1 atom stereocenters. The lowest BCUT2D eigenvalue weighted by atomic mass is 9.94. The number of halogens is 2.